The van der Waals surface area contributed by atoms with Crippen molar-refractivity contribution in [3.8, 4) is 0 Å². The molecule has 1 atom stereocenters. The molecule has 3 aromatic rings. The maximum absolute atomic E-state index is 13.7. The van der Waals surface area contributed by atoms with Crippen LogP contribution in [-0.2, 0) is 9.84 Å². The fraction of sp³-hybridized carbons (Fsp3) is 0.273. The first kappa shape index (κ1) is 19.2. The third-order valence-electron chi connectivity index (χ3n) is 5.42. The van der Waals surface area contributed by atoms with Crippen LogP contribution in [0.4, 0.5) is 0 Å². The lowest BCUT2D eigenvalue weighted by Gasteiger charge is -2.25. The highest BCUT2D eigenvalue weighted by molar-refractivity contribution is 7.92. The van der Waals surface area contributed by atoms with Crippen LogP contribution in [-0.4, -0.2) is 26.1 Å². The van der Waals surface area contributed by atoms with Crippen molar-refractivity contribution in [2.45, 2.75) is 29.0 Å². The molecule has 1 unspecified atom stereocenters. The summed E-state index contributed by atoms with van der Waals surface area (Å²) in [5, 5.41) is 3.32. The van der Waals surface area contributed by atoms with Crippen molar-refractivity contribution < 1.29 is 8.42 Å². The Morgan fingerprint density at radius 1 is 1.04 bits per heavy atom. The van der Waals surface area contributed by atoms with E-state index in [2.05, 4.69) is 9.88 Å². The zero-order valence-corrected chi connectivity index (χ0v) is 17.0. The Kier molecular flexibility index (Phi) is 5.58. The van der Waals surface area contributed by atoms with Crippen molar-refractivity contribution in [1.29, 1.82) is 0 Å². The van der Waals surface area contributed by atoms with Gasteiger partial charge in [0.05, 0.1) is 4.90 Å². The van der Waals surface area contributed by atoms with Gasteiger partial charge in [0, 0.05) is 28.7 Å². The molecule has 6 heteroatoms. The lowest BCUT2D eigenvalue weighted by Crippen LogP contribution is -2.29. The predicted octanol–water partition coefficient (Wildman–Crippen LogP) is 4.83. The fourth-order valence-electron chi connectivity index (χ4n) is 4.03. The molecule has 0 saturated carbocycles. The van der Waals surface area contributed by atoms with Gasteiger partial charge in [0.25, 0.3) is 0 Å². The van der Waals surface area contributed by atoms with Crippen LogP contribution in [0.25, 0.3) is 10.9 Å². The number of nitrogens with one attached hydrogen (secondary N) is 1. The summed E-state index contributed by atoms with van der Waals surface area (Å²) in [6, 6.07) is 17.3. The van der Waals surface area contributed by atoms with Crippen molar-refractivity contribution in [2.75, 3.05) is 13.1 Å². The van der Waals surface area contributed by atoms with Gasteiger partial charge in [-0.1, -0.05) is 66.2 Å². The van der Waals surface area contributed by atoms with Gasteiger partial charge in [-0.2, -0.15) is 0 Å². The minimum atomic E-state index is -3.67. The number of hydrogen-bond donors (Lipinski definition) is 1. The van der Waals surface area contributed by atoms with Gasteiger partial charge in [-0.15, -0.1) is 0 Å². The van der Waals surface area contributed by atoms with Crippen LogP contribution in [0.15, 0.2) is 77.3 Å². The normalized spacial score (nSPS) is 17.3. The summed E-state index contributed by atoms with van der Waals surface area (Å²) in [6.07, 6.45) is 5.35. The van der Waals surface area contributed by atoms with Crippen LogP contribution in [0.3, 0.4) is 0 Å². The monoisotopic (exact) mass is 414 g/mol. The molecule has 4 rings (SSSR count). The summed E-state index contributed by atoms with van der Waals surface area (Å²) in [7, 11) is -3.67. The van der Waals surface area contributed by atoms with Crippen molar-refractivity contribution >= 4 is 32.3 Å². The number of rotatable bonds is 5. The van der Waals surface area contributed by atoms with Gasteiger partial charge < -0.3 is 9.88 Å². The lowest BCUT2D eigenvalue weighted by atomic mass is 10.1. The number of aromatic nitrogens is 1. The van der Waals surface area contributed by atoms with Gasteiger partial charge in [0.1, 0.15) is 5.25 Å². The predicted molar refractivity (Wildman–Crippen MR) is 114 cm³/mol. The molecule has 0 bridgehead atoms. The van der Waals surface area contributed by atoms with Crippen LogP contribution < -0.4 is 5.32 Å². The number of benzene rings is 2. The molecule has 1 fully saturated rings. The highest BCUT2D eigenvalue weighted by Crippen LogP contribution is 2.37. The van der Waals surface area contributed by atoms with Crippen LogP contribution >= 0.6 is 11.6 Å². The molecule has 1 saturated heterocycles. The molecular formula is C22H23ClN2O2S. The molecule has 0 amide bonds. The zero-order chi connectivity index (χ0) is 19.6. The van der Waals surface area contributed by atoms with E-state index in [4.69, 9.17) is 11.6 Å². The minimum Gasteiger partial charge on any atom is -0.343 e. The lowest BCUT2D eigenvalue weighted by molar-refractivity contribution is 0.375. The van der Waals surface area contributed by atoms with Crippen molar-refractivity contribution in [3.63, 3.8) is 0 Å². The van der Waals surface area contributed by atoms with Crippen molar-refractivity contribution in [3.05, 3.63) is 78.0 Å². The number of sulfone groups is 1. The fourth-order valence-corrected chi connectivity index (χ4v) is 6.07. The molecule has 4 nitrogen and oxygen atoms in total. The first-order chi connectivity index (χ1) is 13.6. The standard InChI is InChI=1S/C22H23ClN2O2S/c23-13-10-21(17-6-2-1-3-7-17)28(26,27)22-16-25(18-11-14-24-15-12-18)20-9-5-4-8-19(20)22/h1-10,13,16,18,21,24H,11-12,14-15H2. The van der Waals surface area contributed by atoms with Gasteiger partial charge in [0.2, 0.25) is 0 Å². The maximum Gasteiger partial charge on any atom is 0.191 e. The van der Waals surface area contributed by atoms with E-state index in [1.54, 1.807) is 6.08 Å². The first-order valence-electron chi connectivity index (χ1n) is 9.49. The molecule has 0 aliphatic carbocycles. The van der Waals surface area contributed by atoms with E-state index in [1.807, 2.05) is 60.8 Å². The average molecular weight is 415 g/mol. The van der Waals surface area contributed by atoms with E-state index < -0.39 is 15.1 Å². The summed E-state index contributed by atoms with van der Waals surface area (Å²) >= 11 is 5.83. The van der Waals surface area contributed by atoms with Gasteiger partial charge in [0.15, 0.2) is 9.84 Å². The molecule has 0 radical (unpaired) electrons. The molecular weight excluding hydrogens is 392 g/mol. The number of halogens is 1. The molecule has 1 aliphatic heterocycles. The van der Waals surface area contributed by atoms with Gasteiger partial charge in [-0.3, -0.25) is 0 Å². The third-order valence-corrected chi connectivity index (χ3v) is 7.60. The summed E-state index contributed by atoms with van der Waals surface area (Å²) < 4.78 is 29.5. The smallest absolute Gasteiger partial charge is 0.191 e. The zero-order valence-electron chi connectivity index (χ0n) is 15.5. The summed E-state index contributed by atoms with van der Waals surface area (Å²) in [5.74, 6) is 0. The average Bonchev–Trinajstić information content (AvgIpc) is 3.14. The maximum atomic E-state index is 13.7. The first-order valence-corrected chi connectivity index (χ1v) is 11.5. The van der Waals surface area contributed by atoms with Crippen LogP contribution in [0, 0.1) is 0 Å². The highest BCUT2D eigenvalue weighted by atomic mass is 35.5. The molecule has 1 aliphatic rings. The van der Waals surface area contributed by atoms with Crippen molar-refractivity contribution in [2.24, 2.45) is 0 Å². The topological polar surface area (TPSA) is 51.1 Å². The third kappa shape index (κ3) is 3.50. The molecule has 146 valence electrons. The Morgan fingerprint density at radius 2 is 1.71 bits per heavy atom. The summed E-state index contributed by atoms with van der Waals surface area (Å²) in [6.45, 7) is 1.89. The molecule has 1 aromatic heterocycles. The quantitative estimate of drug-likeness (QED) is 0.650. The summed E-state index contributed by atoms with van der Waals surface area (Å²) in [4.78, 5) is 0.366. The Labute approximate surface area is 170 Å². The molecule has 0 spiro atoms. The number of piperidine rings is 1. The molecule has 1 N–H and O–H groups in total. The number of nitrogens with zero attached hydrogens (tertiary/aromatic N) is 1. The van der Waals surface area contributed by atoms with Crippen LogP contribution in [0.2, 0.25) is 0 Å². The molecule has 2 heterocycles. The second-order valence-corrected chi connectivity index (χ2v) is 9.38. The van der Waals surface area contributed by atoms with Gasteiger partial charge in [-0.05, 0) is 37.6 Å². The van der Waals surface area contributed by atoms with E-state index in [1.165, 1.54) is 5.54 Å². The number of fused-ring (bicyclic) bond motifs is 1. The van der Waals surface area contributed by atoms with Gasteiger partial charge in [-0.25, -0.2) is 8.42 Å². The summed E-state index contributed by atoms with van der Waals surface area (Å²) in [5.41, 5.74) is 2.97. The highest BCUT2D eigenvalue weighted by Gasteiger charge is 2.31. The van der Waals surface area contributed by atoms with Gasteiger partial charge >= 0.3 is 0 Å². The SMILES string of the molecule is O=S(=O)(c1cn(C2CCNCC2)c2ccccc12)C(C=CCl)c1ccccc1. The van der Waals surface area contributed by atoms with E-state index in [-0.39, 0.29) is 0 Å². The Morgan fingerprint density at radius 3 is 2.43 bits per heavy atom. The van der Waals surface area contributed by atoms with E-state index in [0.29, 0.717) is 16.5 Å². The minimum absolute atomic E-state index is 0.300. The molecule has 28 heavy (non-hydrogen) atoms. The Hall–Kier alpha value is -2.08. The van der Waals surface area contributed by atoms with Crippen molar-refractivity contribution in [1.82, 2.24) is 9.88 Å². The second kappa shape index (κ2) is 8.11. The van der Waals surface area contributed by atoms with Crippen LogP contribution in [0.1, 0.15) is 29.7 Å². The second-order valence-electron chi connectivity index (χ2n) is 7.09. The van der Waals surface area contributed by atoms with Crippen LogP contribution in [0.5, 0.6) is 0 Å². The van der Waals surface area contributed by atoms with E-state index in [0.717, 1.165) is 36.8 Å². The number of hydrogen-bond acceptors (Lipinski definition) is 3. The Bertz CT molecular complexity index is 1080. The molecule has 2 aromatic carbocycles. The van der Waals surface area contributed by atoms with E-state index >= 15 is 0 Å². The number of para-hydroxylation sites is 1. The van der Waals surface area contributed by atoms with E-state index in [9.17, 15) is 8.42 Å². The Balaban J connectivity index is 1.87. The largest absolute Gasteiger partial charge is 0.343 e.